The second kappa shape index (κ2) is 14.1. The van der Waals surface area contributed by atoms with Crippen molar-refractivity contribution >= 4 is 28.1 Å². The van der Waals surface area contributed by atoms with Crippen molar-refractivity contribution in [1.82, 2.24) is 20.3 Å². The van der Waals surface area contributed by atoms with E-state index < -0.39 is 23.0 Å². The number of fused-ring (bicyclic) bond motifs is 1. The minimum absolute atomic E-state index is 0.0418. The van der Waals surface area contributed by atoms with Crippen molar-refractivity contribution in [3.63, 3.8) is 0 Å². The lowest BCUT2D eigenvalue weighted by Crippen LogP contribution is -2.13. The number of halogens is 3. The Labute approximate surface area is 203 Å². The van der Waals surface area contributed by atoms with Gasteiger partial charge in [-0.3, -0.25) is 4.79 Å². The summed E-state index contributed by atoms with van der Waals surface area (Å²) in [4.78, 5) is 23.2. The quantitative estimate of drug-likeness (QED) is 0.355. The molecule has 3 aromatic rings. The monoisotopic (exact) mass is 487 g/mol. The minimum atomic E-state index is -0.808. The summed E-state index contributed by atoms with van der Waals surface area (Å²) in [6.07, 6.45) is 6.36. The number of aromatic nitrogens is 3. The van der Waals surface area contributed by atoms with E-state index >= 15 is 0 Å². The molecule has 1 saturated heterocycles. The predicted molar refractivity (Wildman–Crippen MR) is 136 cm³/mol. The third kappa shape index (κ3) is 7.78. The number of aromatic amines is 1. The zero-order valence-electron chi connectivity index (χ0n) is 20.5. The molecule has 0 bridgehead atoms. The third-order valence-electron chi connectivity index (χ3n) is 5.01. The molecular weight excluding hydrogens is 455 g/mol. The van der Waals surface area contributed by atoms with Gasteiger partial charge in [0.1, 0.15) is 29.1 Å². The van der Waals surface area contributed by atoms with E-state index in [4.69, 9.17) is 0 Å². The highest BCUT2D eigenvalue weighted by Gasteiger charge is 2.17. The maximum atomic E-state index is 14.2. The minimum Gasteiger partial charge on any atom is -0.325 e. The second-order valence-corrected chi connectivity index (χ2v) is 7.38. The molecule has 3 N–H and O–H groups in total. The molecule has 1 aliphatic heterocycles. The Hall–Kier alpha value is -3.46. The Balaban J connectivity index is 0.000000538. The van der Waals surface area contributed by atoms with E-state index in [0.717, 1.165) is 12.3 Å². The highest BCUT2D eigenvalue weighted by atomic mass is 19.1. The van der Waals surface area contributed by atoms with Crippen molar-refractivity contribution in [3.8, 4) is 0 Å². The van der Waals surface area contributed by atoms with Crippen LogP contribution in [0.4, 0.5) is 24.8 Å². The summed E-state index contributed by atoms with van der Waals surface area (Å²) in [5.74, 6) is -1.25. The zero-order chi connectivity index (χ0) is 25.8. The van der Waals surface area contributed by atoms with Crippen molar-refractivity contribution in [1.29, 1.82) is 0 Å². The molecule has 35 heavy (non-hydrogen) atoms. The van der Waals surface area contributed by atoms with Gasteiger partial charge >= 0.3 is 0 Å². The van der Waals surface area contributed by atoms with Crippen molar-refractivity contribution < 1.29 is 13.2 Å². The van der Waals surface area contributed by atoms with E-state index in [1.54, 1.807) is 6.07 Å². The van der Waals surface area contributed by atoms with Gasteiger partial charge in [-0.15, -0.1) is 0 Å². The van der Waals surface area contributed by atoms with Gasteiger partial charge < -0.3 is 15.6 Å². The van der Waals surface area contributed by atoms with Crippen molar-refractivity contribution in [2.75, 3.05) is 18.4 Å². The van der Waals surface area contributed by atoms with Gasteiger partial charge in [0.25, 0.3) is 5.56 Å². The van der Waals surface area contributed by atoms with E-state index in [9.17, 15) is 18.0 Å². The van der Waals surface area contributed by atoms with Crippen LogP contribution in [0.2, 0.25) is 0 Å². The van der Waals surface area contributed by atoms with Gasteiger partial charge in [0.15, 0.2) is 0 Å². The summed E-state index contributed by atoms with van der Waals surface area (Å²) in [6.45, 7) is 9.47. The molecule has 9 heteroatoms. The second-order valence-electron chi connectivity index (χ2n) is 7.38. The number of hydrogen-bond acceptors (Lipinski definition) is 5. The van der Waals surface area contributed by atoms with Crippen LogP contribution in [0.1, 0.15) is 52.5 Å². The maximum Gasteiger partial charge on any atom is 0.256 e. The molecule has 0 amide bonds. The van der Waals surface area contributed by atoms with Gasteiger partial charge in [0.05, 0.1) is 22.9 Å². The molecular formula is C26H32F3N5O. The maximum absolute atomic E-state index is 14.2. The molecule has 4 heterocycles. The van der Waals surface area contributed by atoms with Crippen LogP contribution in [0.25, 0.3) is 16.5 Å². The molecule has 188 valence electrons. The van der Waals surface area contributed by atoms with Crippen molar-refractivity contribution in [2.24, 2.45) is 0 Å². The zero-order valence-corrected chi connectivity index (χ0v) is 20.5. The summed E-state index contributed by atoms with van der Waals surface area (Å²) >= 11 is 0. The Kier molecular flexibility index (Phi) is 11.2. The summed E-state index contributed by atoms with van der Waals surface area (Å²) in [5, 5.41) is 6.61. The van der Waals surface area contributed by atoms with Crippen LogP contribution < -0.4 is 16.2 Å². The average Bonchev–Trinajstić information content (AvgIpc) is 3.47. The van der Waals surface area contributed by atoms with Crippen LogP contribution in [0, 0.1) is 5.82 Å². The van der Waals surface area contributed by atoms with E-state index in [1.807, 2.05) is 13.8 Å². The van der Waals surface area contributed by atoms with Gasteiger partial charge in [-0.25, -0.2) is 23.1 Å². The van der Waals surface area contributed by atoms with Crippen LogP contribution in [-0.4, -0.2) is 28.0 Å². The predicted octanol–water partition coefficient (Wildman–Crippen LogP) is 6.56. The molecule has 0 unspecified atom stereocenters. The SMILES string of the molecule is C/C=C(F)\C(=C(\F)CC)c1cc2cnc(Nc3ccc(F)cn3)cc2[nH]c1=O.C1CCNC1.CC. The molecule has 6 nitrogen and oxygen atoms in total. The Morgan fingerprint density at radius 3 is 2.31 bits per heavy atom. The Morgan fingerprint density at radius 1 is 1.09 bits per heavy atom. The van der Waals surface area contributed by atoms with Gasteiger partial charge in [-0.1, -0.05) is 26.8 Å². The number of allylic oxidation sites excluding steroid dienone is 4. The van der Waals surface area contributed by atoms with Crippen LogP contribution in [-0.2, 0) is 0 Å². The Morgan fingerprint density at radius 2 is 1.77 bits per heavy atom. The normalized spacial score (nSPS) is 13.9. The van der Waals surface area contributed by atoms with Crippen molar-refractivity contribution in [2.45, 2.75) is 47.0 Å². The summed E-state index contributed by atoms with van der Waals surface area (Å²) in [6, 6.07) is 5.64. The number of hydrogen-bond donors (Lipinski definition) is 3. The fourth-order valence-electron chi connectivity index (χ4n) is 3.29. The average molecular weight is 488 g/mol. The molecule has 0 aliphatic carbocycles. The molecule has 0 radical (unpaired) electrons. The molecule has 0 atom stereocenters. The van der Waals surface area contributed by atoms with Crippen LogP contribution >= 0.6 is 0 Å². The van der Waals surface area contributed by atoms with Gasteiger partial charge in [-0.05, 0) is 57.5 Å². The molecule has 0 aromatic carbocycles. The summed E-state index contributed by atoms with van der Waals surface area (Å²) in [5.41, 5.74) is -0.665. The van der Waals surface area contributed by atoms with Gasteiger partial charge in [-0.2, -0.15) is 0 Å². The number of rotatable bonds is 5. The number of H-pyrrole nitrogens is 1. The lowest BCUT2D eigenvalue weighted by molar-refractivity contribution is 0.594. The number of anilines is 2. The highest BCUT2D eigenvalue weighted by Crippen LogP contribution is 2.29. The summed E-state index contributed by atoms with van der Waals surface area (Å²) in [7, 11) is 0. The number of nitrogens with zero attached hydrogens (tertiary/aromatic N) is 2. The van der Waals surface area contributed by atoms with Gasteiger partial charge in [0, 0.05) is 17.6 Å². The summed E-state index contributed by atoms with van der Waals surface area (Å²) < 4.78 is 41.3. The number of nitrogens with one attached hydrogen (secondary N) is 3. The van der Waals surface area contributed by atoms with Crippen LogP contribution in [0.3, 0.4) is 0 Å². The van der Waals surface area contributed by atoms with E-state index in [1.165, 1.54) is 64.2 Å². The molecule has 1 aliphatic rings. The van der Waals surface area contributed by atoms with Crippen LogP contribution in [0.5, 0.6) is 0 Å². The smallest absolute Gasteiger partial charge is 0.256 e. The first-order valence-corrected chi connectivity index (χ1v) is 11.8. The van der Waals surface area contributed by atoms with Crippen molar-refractivity contribution in [3.05, 3.63) is 76.1 Å². The largest absolute Gasteiger partial charge is 0.325 e. The molecule has 0 saturated carbocycles. The lowest BCUT2D eigenvalue weighted by atomic mass is 10.0. The van der Waals surface area contributed by atoms with E-state index in [-0.39, 0.29) is 17.6 Å². The standard InChI is InChI=1S/C20H17F3N4O.C4H9N.C2H6/c1-3-14(22)19(15(23)4-2)13-7-11-9-24-18(8-16(11)26-20(13)28)27-17-6-5-12(21)10-25-17;1-2-4-5-3-1;1-2/h3,5-10H,4H2,1-2H3,(H,26,28)(H,24,25,27);5H,1-4H2;1-2H3/b14-3+,19-15+;;. The van der Waals surface area contributed by atoms with Crippen LogP contribution in [0.15, 0.2) is 59.2 Å². The fraction of sp³-hybridized carbons (Fsp3) is 0.346. The first-order valence-electron chi connectivity index (χ1n) is 11.8. The van der Waals surface area contributed by atoms with Gasteiger partial charge in [0.2, 0.25) is 0 Å². The Bertz CT molecular complexity index is 1210. The molecule has 3 aromatic heterocycles. The highest BCUT2D eigenvalue weighted by molar-refractivity contribution is 5.87. The fourth-order valence-corrected chi connectivity index (χ4v) is 3.29. The lowest BCUT2D eigenvalue weighted by Gasteiger charge is -2.09. The number of pyridine rings is 3. The molecule has 4 rings (SSSR count). The third-order valence-corrected chi connectivity index (χ3v) is 5.01. The molecule has 1 fully saturated rings. The van der Waals surface area contributed by atoms with E-state index in [2.05, 4.69) is 25.6 Å². The first-order chi connectivity index (χ1) is 16.9. The van der Waals surface area contributed by atoms with E-state index in [0.29, 0.717) is 22.5 Å². The topological polar surface area (TPSA) is 82.7 Å². The first kappa shape index (κ1) is 27.8. The molecule has 0 spiro atoms.